The van der Waals surface area contributed by atoms with Crippen molar-refractivity contribution in [2.24, 2.45) is 0 Å². The van der Waals surface area contributed by atoms with Crippen LogP contribution in [-0.4, -0.2) is 39.1 Å². The minimum atomic E-state index is -0.141. The summed E-state index contributed by atoms with van der Waals surface area (Å²) in [7, 11) is 4.11. The molecule has 2 aromatic carbocycles. The zero-order valence-corrected chi connectivity index (χ0v) is 18.6. The van der Waals surface area contributed by atoms with Gasteiger partial charge in [0.05, 0.1) is 12.1 Å². The van der Waals surface area contributed by atoms with Crippen molar-refractivity contribution in [3.63, 3.8) is 0 Å². The van der Waals surface area contributed by atoms with Gasteiger partial charge in [0, 0.05) is 42.5 Å². The molecule has 1 fully saturated rings. The molecule has 0 aliphatic carbocycles. The Morgan fingerprint density at radius 3 is 2.52 bits per heavy atom. The second kappa shape index (κ2) is 7.67. The third kappa shape index (κ3) is 3.77. The lowest BCUT2D eigenvalue weighted by atomic mass is 9.80. The molecule has 2 aliphatic heterocycles. The number of nitrogens with zero attached hydrogens (tertiary/aromatic N) is 2. The van der Waals surface area contributed by atoms with E-state index in [1.54, 1.807) is 0 Å². The second-order valence-electron chi connectivity index (χ2n) is 8.79. The minimum absolute atomic E-state index is 0.100. The molecule has 4 nitrogen and oxygen atoms in total. The predicted octanol–water partition coefficient (Wildman–Crippen LogP) is 4.88. The predicted molar refractivity (Wildman–Crippen MR) is 123 cm³/mol. The molecule has 154 valence electrons. The first-order valence-electron chi connectivity index (χ1n) is 10.2. The van der Waals surface area contributed by atoms with Crippen LogP contribution in [0.1, 0.15) is 31.9 Å². The van der Waals surface area contributed by atoms with Gasteiger partial charge in [-0.15, -0.1) is 0 Å². The number of anilines is 2. The molecular formula is C24H30ClN3O. The summed E-state index contributed by atoms with van der Waals surface area (Å²) < 4.78 is 6.19. The van der Waals surface area contributed by atoms with Crippen LogP contribution in [0.15, 0.2) is 48.5 Å². The Balaban J connectivity index is 1.69. The average Bonchev–Trinajstić information content (AvgIpc) is 3.19. The monoisotopic (exact) mass is 411 g/mol. The van der Waals surface area contributed by atoms with E-state index in [1.165, 1.54) is 22.5 Å². The van der Waals surface area contributed by atoms with Crippen molar-refractivity contribution in [3.05, 3.63) is 64.7 Å². The third-order valence-corrected chi connectivity index (χ3v) is 6.28. The summed E-state index contributed by atoms with van der Waals surface area (Å²) in [5.41, 5.74) is 4.73. The Morgan fingerprint density at radius 1 is 1.17 bits per heavy atom. The lowest BCUT2D eigenvalue weighted by molar-refractivity contribution is 0.0450. The molecule has 0 radical (unpaired) electrons. The molecule has 29 heavy (non-hydrogen) atoms. The van der Waals surface area contributed by atoms with Gasteiger partial charge < -0.3 is 14.5 Å². The highest BCUT2D eigenvalue weighted by molar-refractivity contribution is 6.30. The van der Waals surface area contributed by atoms with Crippen molar-refractivity contribution in [2.45, 2.75) is 44.7 Å². The maximum atomic E-state index is 6.35. The van der Waals surface area contributed by atoms with Gasteiger partial charge in [-0.1, -0.05) is 49.7 Å². The Kier molecular flexibility index (Phi) is 5.36. The first-order chi connectivity index (χ1) is 13.8. The van der Waals surface area contributed by atoms with Crippen molar-refractivity contribution < 1.29 is 4.74 Å². The van der Waals surface area contributed by atoms with Gasteiger partial charge in [0.25, 0.3) is 0 Å². The van der Waals surface area contributed by atoms with E-state index in [0.717, 1.165) is 11.6 Å². The maximum Gasteiger partial charge on any atom is 0.187 e. The fourth-order valence-electron chi connectivity index (χ4n) is 4.34. The average molecular weight is 412 g/mol. The zero-order chi connectivity index (χ0) is 20.8. The lowest BCUT2D eigenvalue weighted by Crippen LogP contribution is -2.50. The number of fused-ring (bicyclic) bond motifs is 1. The van der Waals surface area contributed by atoms with E-state index in [1.807, 2.05) is 6.07 Å². The van der Waals surface area contributed by atoms with Crippen LogP contribution >= 0.6 is 11.6 Å². The molecule has 2 aromatic rings. The highest BCUT2D eigenvalue weighted by Gasteiger charge is 2.47. The Labute approximate surface area is 179 Å². The van der Waals surface area contributed by atoms with Crippen molar-refractivity contribution in [2.75, 3.05) is 30.4 Å². The van der Waals surface area contributed by atoms with Crippen LogP contribution in [0.5, 0.6) is 0 Å². The van der Waals surface area contributed by atoms with E-state index in [2.05, 4.69) is 98.5 Å². The number of hydrogen-bond acceptors (Lipinski definition) is 4. The number of ether oxygens (including phenoxy) is 1. The van der Waals surface area contributed by atoms with Gasteiger partial charge in [0.15, 0.2) is 6.35 Å². The van der Waals surface area contributed by atoms with Gasteiger partial charge in [-0.2, -0.15) is 0 Å². The SMILES string of the molecule is CC1CN[C@H](N2c3ccc(Cl)cc3C(C)(C)C2C=Cc2ccc(N(C)C)cc2)O1. The largest absolute Gasteiger partial charge is 0.378 e. The number of halogens is 1. The van der Waals surface area contributed by atoms with Gasteiger partial charge >= 0.3 is 0 Å². The molecule has 4 rings (SSSR count). The number of nitrogens with one attached hydrogen (secondary N) is 1. The molecule has 5 heteroatoms. The second-order valence-corrected chi connectivity index (χ2v) is 9.22. The molecule has 0 aromatic heterocycles. The van der Waals surface area contributed by atoms with E-state index in [4.69, 9.17) is 16.3 Å². The molecule has 2 heterocycles. The van der Waals surface area contributed by atoms with Gasteiger partial charge in [-0.3, -0.25) is 5.32 Å². The van der Waals surface area contributed by atoms with Crippen LogP contribution in [0.25, 0.3) is 6.08 Å². The summed E-state index contributed by atoms with van der Waals surface area (Å²) in [5.74, 6) is 0. The molecule has 1 N–H and O–H groups in total. The van der Waals surface area contributed by atoms with Crippen LogP contribution in [0.4, 0.5) is 11.4 Å². The molecule has 0 bridgehead atoms. The highest BCUT2D eigenvalue weighted by Crippen LogP contribution is 2.48. The molecule has 3 atom stereocenters. The summed E-state index contributed by atoms with van der Waals surface area (Å²) >= 11 is 6.35. The summed E-state index contributed by atoms with van der Waals surface area (Å²) in [4.78, 5) is 4.47. The molecule has 1 saturated heterocycles. The number of benzene rings is 2. The number of hydrogen-bond donors (Lipinski definition) is 1. The van der Waals surface area contributed by atoms with Gasteiger partial charge in [-0.25, -0.2) is 0 Å². The van der Waals surface area contributed by atoms with Crippen LogP contribution in [0.2, 0.25) is 5.02 Å². The first kappa shape index (κ1) is 20.3. The van der Waals surface area contributed by atoms with E-state index in [-0.39, 0.29) is 23.9 Å². The van der Waals surface area contributed by atoms with E-state index in [0.29, 0.717) is 0 Å². The van der Waals surface area contributed by atoms with E-state index in [9.17, 15) is 0 Å². The van der Waals surface area contributed by atoms with Crippen molar-refractivity contribution >= 4 is 29.1 Å². The first-order valence-corrected chi connectivity index (χ1v) is 10.6. The van der Waals surface area contributed by atoms with Crippen LogP contribution in [-0.2, 0) is 10.2 Å². The summed E-state index contributed by atoms with van der Waals surface area (Å²) in [6.45, 7) is 7.52. The zero-order valence-electron chi connectivity index (χ0n) is 17.8. The van der Waals surface area contributed by atoms with Crippen LogP contribution in [0, 0.1) is 0 Å². The van der Waals surface area contributed by atoms with E-state index < -0.39 is 0 Å². The molecule has 0 amide bonds. The summed E-state index contributed by atoms with van der Waals surface area (Å²) in [5, 5.41) is 4.29. The van der Waals surface area contributed by atoms with Gasteiger partial charge in [0.1, 0.15) is 0 Å². The Bertz CT molecular complexity index is 907. The fraction of sp³-hybridized carbons (Fsp3) is 0.417. The Hall–Kier alpha value is -2.01. The van der Waals surface area contributed by atoms with Crippen molar-refractivity contribution in [3.8, 4) is 0 Å². The molecule has 2 aliphatic rings. The fourth-order valence-corrected chi connectivity index (χ4v) is 4.52. The third-order valence-electron chi connectivity index (χ3n) is 6.04. The van der Waals surface area contributed by atoms with Crippen molar-refractivity contribution in [1.29, 1.82) is 0 Å². The van der Waals surface area contributed by atoms with Crippen LogP contribution < -0.4 is 15.1 Å². The van der Waals surface area contributed by atoms with Gasteiger partial charge in [-0.05, 0) is 48.4 Å². The standard InChI is InChI=1S/C24H30ClN3O/c1-16-15-26-23(29-16)28-21-12-9-18(25)14-20(21)24(2,3)22(28)13-8-17-6-10-19(11-7-17)27(4)5/h6-14,16,22-23,26H,15H2,1-5H3/t16?,22?,23-/m1/s1. The highest BCUT2D eigenvalue weighted by atomic mass is 35.5. The minimum Gasteiger partial charge on any atom is -0.378 e. The normalized spacial score (nSPS) is 25.6. The maximum absolute atomic E-state index is 6.35. The summed E-state index contributed by atoms with van der Waals surface area (Å²) in [6.07, 6.45) is 4.57. The van der Waals surface area contributed by atoms with Gasteiger partial charge in [0.2, 0.25) is 0 Å². The molecule has 2 unspecified atom stereocenters. The Morgan fingerprint density at radius 2 is 1.90 bits per heavy atom. The topological polar surface area (TPSA) is 27.7 Å². The summed E-state index contributed by atoms with van der Waals surface area (Å²) in [6, 6.07) is 14.9. The molecule has 0 spiro atoms. The van der Waals surface area contributed by atoms with Crippen molar-refractivity contribution in [1.82, 2.24) is 5.32 Å². The number of rotatable bonds is 4. The lowest BCUT2D eigenvalue weighted by Gasteiger charge is -2.35. The van der Waals surface area contributed by atoms with E-state index >= 15 is 0 Å². The quantitative estimate of drug-likeness (QED) is 0.776. The molecule has 0 saturated carbocycles. The molecular weight excluding hydrogens is 382 g/mol. The van der Waals surface area contributed by atoms with Crippen LogP contribution in [0.3, 0.4) is 0 Å². The smallest absolute Gasteiger partial charge is 0.187 e.